The number of benzene rings is 1. The number of thioether (sulfide) groups is 1. The topological polar surface area (TPSA) is 29.1 Å². The molecule has 0 spiro atoms. The zero-order valence-corrected chi connectivity index (χ0v) is 8.53. The first-order valence-electron chi connectivity index (χ1n) is 3.93. The highest BCUT2D eigenvalue weighted by Gasteiger charge is 2.05. The van der Waals surface area contributed by atoms with E-state index in [1.165, 1.54) is 36.0 Å². The van der Waals surface area contributed by atoms with E-state index < -0.39 is 0 Å². The van der Waals surface area contributed by atoms with Crippen LogP contribution in [-0.4, -0.2) is 12.2 Å². The summed E-state index contributed by atoms with van der Waals surface area (Å²) in [6, 6.07) is 5.58. The molecule has 74 valence electrons. The maximum atomic E-state index is 12.5. The van der Waals surface area contributed by atoms with E-state index >= 15 is 0 Å². The van der Waals surface area contributed by atoms with Crippen LogP contribution in [0.15, 0.2) is 35.7 Å². The second kappa shape index (κ2) is 4.81. The van der Waals surface area contributed by atoms with Crippen molar-refractivity contribution in [1.29, 1.82) is 0 Å². The van der Waals surface area contributed by atoms with Crippen LogP contribution in [0.5, 0.6) is 0 Å². The number of amides is 1. The molecular formula is C10H10FNOS. The van der Waals surface area contributed by atoms with E-state index in [0.29, 0.717) is 10.6 Å². The summed E-state index contributed by atoms with van der Waals surface area (Å²) in [5.74, 6) is -0.587. The highest BCUT2D eigenvalue weighted by Crippen LogP contribution is 2.13. The third-order valence-electron chi connectivity index (χ3n) is 1.60. The Kier molecular flexibility index (Phi) is 3.71. The van der Waals surface area contributed by atoms with Crippen molar-refractivity contribution in [3.63, 3.8) is 0 Å². The lowest BCUT2D eigenvalue weighted by atomic mass is 10.3. The van der Waals surface area contributed by atoms with Gasteiger partial charge in [-0.3, -0.25) is 4.79 Å². The van der Waals surface area contributed by atoms with E-state index in [1.54, 1.807) is 6.26 Å². The van der Waals surface area contributed by atoms with Crippen molar-refractivity contribution in [3.8, 4) is 0 Å². The fourth-order valence-electron chi connectivity index (χ4n) is 0.827. The Morgan fingerprint density at radius 1 is 1.43 bits per heavy atom. The van der Waals surface area contributed by atoms with Crippen LogP contribution >= 0.6 is 11.8 Å². The molecule has 0 aliphatic rings. The molecule has 0 fully saturated rings. The maximum absolute atomic E-state index is 12.5. The molecular weight excluding hydrogens is 201 g/mol. The van der Waals surface area contributed by atoms with Crippen LogP contribution < -0.4 is 5.32 Å². The monoisotopic (exact) mass is 211 g/mol. The third-order valence-corrected chi connectivity index (χ3v) is 2.28. The maximum Gasteiger partial charge on any atom is 0.261 e. The average Bonchev–Trinajstić information content (AvgIpc) is 2.20. The summed E-state index contributed by atoms with van der Waals surface area (Å²) < 4.78 is 12.5. The van der Waals surface area contributed by atoms with Gasteiger partial charge in [-0.25, -0.2) is 4.39 Å². The van der Waals surface area contributed by atoms with Gasteiger partial charge in [0.25, 0.3) is 5.91 Å². The molecule has 0 radical (unpaired) electrons. The third kappa shape index (κ3) is 2.88. The van der Waals surface area contributed by atoms with E-state index in [9.17, 15) is 9.18 Å². The molecule has 1 amide bonds. The van der Waals surface area contributed by atoms with E-state index in [4.69, 9.17) is 0 Å². The lowest BCUT2D eigenvalue weighted by molar-refractivity contribution is -0.112. The number of halogens is 1. The number of carbonyl (C=O) groups excluding carboxylic acids is 1. The Morgan fingerprint density at radius 3 is 2.50 bits per heavy atom. The van der Waals surface area contributed by atoms with Crippen LogP contribution in [0.25, 0.3) is 0 Å². The molecule has 4 heteroatoms. The zero-order valence-electron chi connectivity index (χ0n) is 7.71. The molecule has 1 N–H and O–H groups in total. The van der Waals surface area contributed by atoms with Crippen molar-refractivity contribution in [3.05, 3.63) is 41.6 Å². The number of rotatable bonds is 3. The van der Waals surface area contributed by atoms with Gasteiger partial charge in [-0.2, -0.15) is 0 Å². The van der Waals surface area contributed by atoms with Gasteiger partial charge in [-0.1, -0.05) is 6.58 Å². The second-order valence-corrected chi connectivity index (χ2v) is 3.49. The number of carbonyl (C=O) groups is 1. The summed E-state index contributed by atoms with van der Waals surface area (Å²) >= 11 is 1.27. The van der Waals surface area contributed by atoms with Gasteiger partial charge in [0.15, 0.2) is 0 Å². The van der Waals surface area contributed by atoms with Crippen LogP contribution in [0.4, 0.5) is 10.1 Å². The minimum atomic E-state index is -0.327. The largest absolute Gasteiger partial charge is 0.322 e. The summed E-state index contributed by atoms with van der Waals surface area (Å²) in [5, 5.41) is 2.59. The first-order chi connectivity index (χ1) is 6.63. The molecule has 2 nitrogen and oxygen atoms in total. The number of hydrogen-bond donors (Lipinski definition) is 1. The Morgan fingerprint density at radius 2 is 2.00 bits per heavy atom. The molecule has 1 aromatic carbocycles. The predicted octanol–water partition coefficient (Wildman–Crippen LogP) is 2.64. The van der Waals surface area contributed by atoms with Gasteiger partial charge in [0.2, 0.25) is 0 Å². The number of hydrogen-bond acceptors (Lipinski definition) is 2. The molecule has 0 saturated carbocycles. The summed E-state index contributed by atoms with van der Waals surface area (Å²) in [6.45, 7) is 3.56. The van der Waals surface area contributed by atoms with Crippen LogP contribution in [0.2, 0.25) is 0 Å². The molecule has 0 saturated heterocycles. The highest BCUT2D eigenvalue weighted by molar-refractivity contribution is 8.03. The van der Waals surface area contributed by atoms with Gasteiger partial charge in [-0.05, 0) is 30.5 Å². The molecule has 0 aliphatic heterocycles. The lowest BCUT2D eigenvalue weighted by Gasteiger charge is -2.04. The minimum absolute atomic E-state index is 0.260. The Balaban J connectivity index is 2.65. The highest BCUT2D eigenvalue weighted by atomic mass is 32.2. The van der Waals surface area contributed by atoms with Crippen LogP contribution in [-0.2, 0) is 4.79 Å². The molecule has 0 aliphatic carbocycles. The van der Waals surface area contributed by atoms with Gasteiger partial charge < -0.3 is 5.32 Å². The fourth-order valence-corrected chi connectivity index (χ4v) is 1.06. The molecule has 14 heavy (non-hydrogen) atoms. The molecule has 0 unspecified atom stereocenters. The van der Waals surface area contributed by atoms with E-state index in [-0.39, 0.29) is 11.7 Å². The Hall–Kier alpha value is -1.29. The quantitative estimate of drug-likeness (QED) is 0.779. The van der Waals surface area contributed by atoms with E-state index in [2.05, 4.69) is 11.9 Å². The van der Waals surface area contributed by atoms with Crippen molar-refractivity contribution in [2.45, 2.75) is 0 Å². The summed E-state index contributed by atoms with van der Waals surface area (Å²) in [4.78, 5) is 11.7. The standard InChI is InChI=1S/C10H10FNOS/c1-7(14-2)10(13)12-9-5-3-8(11)4-6-9/h3-6H,1H2,2H3,(H,12,13). The smallest absolute Gasteiger partial charge is 0.261 e. The molecule has 1 rings (SSSR count). The van der Waals surface area contributed by atoms with Gasteiger partial charge >= 0.3 is 0 Å². The predicted molar refractivity (Wildman–Crippen MR) is 57.7 cm³/mol. The van der Waals surface area contributed by atoms with Crippen LogP contribution in [0.1, 0.15) is 0 Å². The summed E-state index contributed by atoms with van der Waals surface area (Å²) in [7, 11) is 0. The van der Waals surface area contributed by atoms with Crippen LogP contribution in [0.3, 0.4) is 0 Å². The summed E-state index contributed by atoms with van der Waals surface area (Å²) in [6.07, 6.45) is 1.77. The molecule has 0 bridgehead atoms. The number of anilines is 1. The van der Waals surface area contributed by atoms with Crippen molar-refractivity contribution < 1.29 is 9.18 Å². The minimum Gasteiger partial charge on any atom is -0.322 e. The van der Waals surface area contributed by atoms with Gasteiger partial charge in [-0.15, -0.1) is 11.8 Å². The SMILES string of the molecule is C=C(SC)C(=O)Nc1ccc(F)cc1. The molecule has 1 aromatic rings. The van der Waals surface area contributed by atoms with Crippen molar-refractivity contribution >= 4 is 23.4 Å². The first kappa shape index (κ1) is 10.8. The van der Waals surface area contributed by atoms with E-state index in [1.807, 2.05) is 0 Å². The Labute approximate surface area is 86.2 Å². The second-order valence-electron chi connectivity index (χ2n) is 2.59. The molecule has 0 aromatic heterocycles. The molecule has 0 heterocycles. The fraction of sp³-hybridized carbons (Fsp3) is 0.100. The normalized spacial score (nSPS) is 9.57. The summed E-state index contributed by atoms with van der Waals surface area (Å²) in [5.41, 5.74) is 0.562. The van der Waals surface area contributed by atoms with Gasteiger partial charge in [0.05, 0.1) is 4.91 Å². The van der Waals surface area contributed by atoms with Gasteiger partial charge in [0, 0.05) is 5.69 Å². The first-order valence-corrected chi connectivity index (χ1v) is 5.16. The number of nitrogens with one attached hydrogen (secondary N) is 1. The molecule has 0 atom stereocenters. The lowest BCUT2D eigenvalue weighted by Crippen LogP contribution is -2.11. The van der Waals surface area contributed by atoms with Crippen LogP contribution in [0, 0.1) is 5.82 Å². The van der Waals surface area contributed by atoms with Crippen molar-refractivity contribution in [2.75, 3.05) is 11.6 Å². The van der Waals surface area contributed by atoms with Crippen molar-refractivity contribution in [1.82, 2.24) is 0 Å². The Bertz CT molecular complexity index is 348. The average molecular weight is 211 g/mol. The van der Waals surface area contributed by atoms with Gasteiger partial charge in [0.1, 0.15) is 5.82 Å². The van der Waals surface area contributed by atoms with E-state index in [0.717, 1.165) is 0 Å². The zero-order chi connectivity index (χ0) is 10.6. The van der Waals surface area contributed by atoms with Crippen molar-refractivity contribution in [2.24, 2.45) is 0 Å².